The number of hydrogen-bond acceptors (Lipinski definition) is 0. The van der Waals surface area contributed by atoms with Crippen molar-refractivity contribution < 1.29 is 0 Å². The summed E-state index contributed by atoms with van der Waals surface area (Å²) in [6.07, 6.45) is 18.7. The molecular formula is C32H48. The van der Waals surface area contributed by atoms with Crippen LogP contribution in [0.4, 0.5) is 0 Å². The van der Waals surface area contributed by atoms with Gasteiger partial charge >= 0.3 is 0 Å². The molecule has 1 saturated carbocycles. The summed E-state index contributed by atoms with van der Waals surface area (Å²) >= 11 is 0. The maximum Gasteiger partial charge on any atom is -0.0121 e. The number of rotatable bonds is 13. The highest BCUT2D eigenvalue weighted by atomic mass is 14.3. The van der Waals surface area contributed by atoms with Gasteiger partial charge < -0.3 is 0 Å². The Hall–Kier alpha value is -1.56. The lowest BCUT2D eigenvalue weighted by molar-refractivity contribution is 0.308. The third-order valence-corrected chi connectivity index (χ3v) is 7.90. The summed E-state index contributed by atoms with van der Waals surface area (Å²) in [7, 11) is 0. The van der Waals surface area contributed by atoms with E-state index in [1.165, 1.54) is 107 Å². The van der Waals surface area contributed by atoms with Crippen LogP contribution in [0, 0.1) is 5.92 Å². The van der Waals surface area contributed by atoms with Crippen molar-refractivity contribution in [3.8, 4) is 0 Å². The number of hydrogen-bond donors (Lipinski definition) is 0. The van der Waals surface area contributed by atoms with Gasteiger partial charge in [0.2, 0.25) is 0 Å². The van der Waals surface area contributed by atoms with Crippen molar-refractivity contribution in [2.75, 3.05) is 0 Å². The van der Waals surface area contributed by atoms with Gasteiger partial charge in [-0.2, -0.15) is 0 Å². The monoisotopic (exact) mass is 432 g/mol. The fourth-order valence-electron chi connectivity index (χ4n) is 5.78. The Bertz CT molecular complexity index is 731. The third-order valence-electron chi connectivity index (χ3n) is 7.90. The van der Waals surface area contributed by atoms with Crippen molar-refractivity contribution in [3.05, 3.63) is 70.8 Å². The molecule has 1 aliphatic rings. The second kappa shape index (κ2) is 13.9. The van der Waals surface area contributed by atoms with Gasteiger partial charge in [-0.1, -0.05) is 108 Å². The van der Waals surface area contributed by atoms with E-state index in [0.717, 1.165) is 11.8 Å². The Morgan fingerprint density at radius 3 is 1.97 bits per heavy atom. The van der Waals surface area contributed by atoms with E-state index in [1.807, 2.05) is 0 Å². The van der Waals surface area contributed by atoms with Crippen LogP contribution in [-0.2, 0) is 12.8 Å². The Morgan fingerprint density at radius 2 is 1.34 bits per heavy atom. The van der Waals surface area contributed by atoms with E-state index in [2.05, 4.69) is 69.3 Å². The molecule has 0 aliphatic heterocycles. The quantitative estimate of drug-likeness (QED) is 0.276. The van der Waals surface area contributed by atoms with Gasteiger partial charge in [0.25, 0.3) is 0 Å². The van der Waals surface area contributed by atoms with Crippen LogP contribution in [0.15, 0.2) is 48.5 Å². The summed E-state index contributed by atoms with van der Waals surface area (Å²) in [4.78, 5) is 0. The topological polar surface area (TPSA) is 0 Å². The SMILES string of the molecule is CCCCCc1ccc([C@H](CCCC)Cc2ccc(C3CCC(CCC)CC3)cc2)cc1. The minimum atomic E-state index is 0.648. The first-order chi connectivity index (χ1) is 15.7. The lowest BCUT2D eigenvalue weighted by Gasteiger charge is -2.28. The molecule has 1 aliphatic carbocycles. The van der Waals surface area contributed by atoms with Crippen LogP contribution in [0.5, 0.6) is 0 Å². The van der Waals surface area contributed by atoms with Crippen molar-refractivity contribution >= 4 is 0 Å². The number of benzene rings is 2. The molecule has 1 atom stereocenters. The van der Waals surface area contributed by atoms with E-state index in [-0.39, 0.29) is 0 Å². The molecule has 32 heavy (non-hydrogen) atoms. The maximum absolute atomic E-state index is 2.45. The molecule has 0 aromatic heterocycles. The number of aryl methyl sites for hydroxylation is 1. The van der Waals surface area contributed by atoms with Crippen LogP contribution >= 0.6 is 0 Å². The first kappa shape index (κ1) is 25.1. The molecular weight excluding hydrogens is 384 g/mol. The molecule has 0 heteroatoms. The van der Waals surface area contributed by atoms with Crippen LogP contribution in [0.25, 0.3) is 0 Å². The van der Waals surface area contributed by atoms with Crippen LogP contribution in [0.3, 0.4) is 0 Å². The summed E-state index contributed by atoms with van der Waals surface area (Å²) in [5.41, 5.74) is 6.15. The minimum Gasteiger partial charge on any atom is -0.0654 e. The Balaban J connectivity index is 1.59. The maximum atomic E-state index is 2.45. The zero-order valence-electron chi connectivity index (χ0n) is 21.3. The Morgan fingerprint density at radius 1 is 0.688 bits per heavy atom. The molecule has 0 unspecified atom stereocenters. The third kappa shape index (κ3) is 7.79. The van der Waals surface area contributed by atoms with E-state index in [1.54, 1.807) is 5.56 Å². The van der Waals surface area contributed by atoms with Gasteiger partial charge in [-0.05, 0) is 91.4 Å². The average Bonchev–Trinajstić information content (AvgIpc) is 2.84. The molecule has 0 heterocycles. The van der Waals surface area contributed by atoms with Crippen LogP contribution in [-0.4, -0.2) is 0 Å². The predicted octanol–water partition coefficient (Wildman–Crippen LogP) is 10.0. The lowest BCUT2D eigenvalue weighted by Crippen LogP contribution is -2.13. The van der Waals surface area contributed by atoms with Crippen molar-refractivity contribution in [1.29, 1.82) is 0 Å². The summed E-state index contributed by atoms with van der Waals surface area (Å²) in [5.74, 6) is 2.44. The van der Waals surface area contributed by atoms with Gasteiger partial charge in [0.15, 0.2) is 0 Å². The molecule has 0 spiro atoms. The molecule has 0 saturated heterocycles. The number of unbranched alkanes of at least 4 members (excludes halogenated alkanes) is 3. The molecule has 176 valence electrons. The molecule has 0 radical (unpaired) electrons. The highest BCUT2D eigenvalue weighted by molar-refractivity contribution is 5.30. The molecule has 2 aromatic rings. The summed E-state index contributed by atoms with van der Waals surface area (Å²) in [5, 5.41) is 0. The van der Waals surface area contributed by atoms with Gasteiger partial charge in [-0.25, -0.2) is 0 Å². The highest BCUT2D eigenvalue weighted by Gasteiger charge is 2.22. The average molecular weight is 433 g/mol. The second-order valence-electron chi connectivity index (χ2n) is 10.5. The second-order valence-corrected chi connectivity index (χ2v) is 10.5. The zero-order valence-corrected chi connectivity index (χ0v) is 21.3. The van der Waals surface area contributed by atoms with Gasteiger partial charge in [0.1, 0.15) is 0 Å². The highest BCUT2D eigenvalue weighted by Crippen LogP contribution is 2.37. The van der Waals surface area contributed by atoms with Gasteiger partial charge in [0.05, 0.1) is 0 Å². The predicted molar refractivity (Wildman–Crippen MR) is 142 cm³/mol. The molecule has 0 bridgehead atoms. The summed E-state index contributed by atoms with van der Waals surface area (Å²) < 4.78 is 0. The first-order valence-corrected chi connectivity index (χ1v) is 13.9. The Labute approximate surface area is 199 Å². The van der Waals surface area contributed by atoms with Crippen molar-refractivity contribution in [3.63, 3.8) is 0 Å². The smallest absolute Gasteiger partial charge is 0.0121 e. The first-order valence-electron chi connectivity index (χ1n) is 13.9. The van der Waals surface area contributed by atoms with Gasteiger partial charge in [-0.3, -0.25) is 0 Å². The largest absolute Gasteiger partial charge is 0.0654 e. The molecule has 2 aromatic carbocycles. The van der Waals surface area contributed by atoms with Crippen molar-refractivity contribution in [2.24, 2.45) is 5.92 Å². The molecule has 1 fully saturated rings. The Kier molecular flexibility index (Phi) is 10.9. The fourth-order valence-corrected chi connectivity index (χ4v) is 5.78. The van der Waals surface area contributed by atoms with Gasteiger partial charge in [0, 0.05) is 0 Å². The minimum absolute atomic E-state index is 0.648. The fraction of sp³-hybridized carbons (Fsp3) is 0.625. The molecule has 0 amide bonds. The van der Waals surface area contributed by atoms with Crippen LogP contribution < -0.4 is 0 Å². The van der Waals surface area contributed by atoms with E-state index >= 15 is 0 Å². The molecule has 0 nitrogen and oxygen atoms in total. The van der Waals surface area contributed by atoms with E-state index < -0.39 is 0 Å². The summed E-state index contributed by atoms with van der Waals surface area (Å²) in [6, 6.07) is 19.4. The molecule has 0 N–H and O–H groups in total. The van der Waals surface area contributed by atoms with Crippen molar-refractivity contribution in [1.82, 2.24) is 0 Å². The summed E-state index contributed by atoms with van der Waals surface area (Å²) in [6.45, 7) is 6.93. The van der Waals surface area contributed by atoms with Crippen LogP contribution in [0.1, 0.15) is 132 Å². The van der Waals surface area contributed by atoms with E-state index in [0.29, 0.717) is 5.92 Å². The van der Waals surface area contributed by atoms with Crippen LogP contribution in [0.2, 0.25) is 0 Å². The molecule has 3 rings (SSSR count). The van der Waals surface area contributed by atoms with Crippen molar-refractivity contribution in [2.45, 2.75) is 122 Å². The van der Waals surface area contributed by atoms with E-state index in [9.17, 15) is 0 Å². The lowest BCUT2D eigenvalue weighted by atomic mass is 9.77. The van der Waals surface area contributed by atoms with Gasteiger partial charge in [-0.15, -0.1) is 0 Å². The zero-order chi connectivity index (χ0) is 22.6. The standard InChI is InChI=1S/C32H48/c1-4-7-9-11-27-15-21-31(22-16-27)32(12-8-5-2)25-28-17-23-30(24-18-28)29-19-13-26(10-6-3)14-20-29/h15-18,21-24,26,29,32H,4-14,19-20,25H2,1-3H3/t26?,29?,32-/m1/s1. The normalized spacial score (nSPS) is 19.7. The van der Waals surface area contributed by atoms with E-state index in [4.69, 9.17) is 0 Å².